The van der Waals surface area contributed by atoms with Crippen molar-refractivity contribution in [2.24, 2.45) is 0 Å². The summed E-state index contributed by atoms with van der Waals surface area (Å²) in [7, 11) is 0. The van der Waals surface area contributed by atoms with Crippen molar-refractivity contribution < 1.29 is 15.0 Å². The molecule has 60 valence electrons. The van der Waals surface area contributed by atoms with E-state index < -0.39 is 12.1 Å². The molecule has 0 rings (SSSR count). The van der Waals surface area contributed by atoms with E-state index in [1.165, 1.54) is 11.8 Å². The van der Waals surface area contributed by atoms with Gasteiger partial charge in [0.15, 0.2) is 6.10 Å². The highest BCUT2D eigenvalue weighted by molar-refractivity contribution is 7.99. The van der Waals surface area contributed by atoms with Gasteiger partial charge < -0.3 is 10.2 Å². The Morgan fingerprint density at radius 3 is 2.50 bits per heavy atom. The van der Waals surface area contributed by atoms with Crippen molar-refractivity contribution in [3.63, 3.8) is 0 Å². The zero-order chi connectivity index (χ0) is 8.15. The molecule has 0 radical (unpaired) electrons. The van der Waals surface area contributed by atoms with Crippen molar-refractivity contribution in [2.75, 3.05) is 5.75 Å². The Labute approximate surface area is 64.4 Å². The Bertz CT molecular complexity index is 116. The molecular weight excluding hydrogens is 152 g/mol. The predicted octanol–water partition coefficient (Wildman–Crippen LogP) is 0.574. The SMILES string of the molecule is CCSC(C)C(O)C(=O)O. The van der Waals surface area contributed by atoms with Crippen LogP contribution >= 0.6 is 11.8 Å². The maximum atomic E-state index is 10.2. The summed E-state index contributed by atoms with van der Waals surface area (Å²) < 4.78 is 0. The molecular formula is C6H12O3S. The minimum atomic E-state index is -1.23. The van der Waals surface area contributed by atoms with Crippen LogP contribution in [0.3, 0.4) is 0 Å². The van der Waals surface area contributed by atoms with Crippen LogP contribution in [-0.4, -0.2) is 33.3 Å². The van der Waals surface area contributed by atoms with Gasteiger partial charge in [-0.05, 0) is 5.75 Å². The molecule has 0 aliphatic heterocycles. The summed E-state index contributed by atoms with van der Waals surface area (Å²) in [6, 6.07) is 0. The van der Waals surface area contributed by atoms with Crippen LogP contribution in [0.15, 0.2) is 0 Å². The molecule has 0 saturated carbocycles. The van der Waals surface area contributed by atoms with Crippen molar-refractivity contribution >= 4 is 17.7 Å². The van der Waals surface area contributed by atoms with Gasteiger partial charge >= 0.3 is 5.97 Å². The van der Waals surface area contributed by atoms with Gasteiger partial charge in [-0.2, -0.15) is 11.8 Å². The molecule has 3 nitrogen and oxygen atoms in total. The monoisotopic (exact) mass is 164 g/mol. The second-order valence-electron chi connectivity index (χ2n) is 1.94. The summed E-state index contributed by atoms with van der Waals surface area (Å²) in [6.07, 6.45) is -1.23. The molecule has 4 heteroatoms. The molecule has 0 aromatic heterocycles. The van der Waals surface area contributed by atoms with Crippen LogP contribution in [0.25, 0.3) is 0 Å². The van der Waals surface area contributed by atoms with Crippen molar-refractivity contribution in [1.29, 1.82) is 0 Å². The third-order valence-corrected chi connectivity index (χ3v) is 2.24. The summed E-state index contributed by atoms with van der Waals surface area (Å²) in [6.45, 7) is 3.63. The maximum absolute atomic E-state index is 10.2. The lowest BCUT2D eigenvalue weighted by atomic mass is 10.3. The number of thioether (sulfide) groups is 1. The summed E-state index contributed by atoms with van der Waals surface area (Å²) >= 11 is 1.44. The predicted molar refractivity (Wildman–Crippen MR) is 41.2 cm³/mol. The average Bonchev–Trinajstić information content (AvgIpc) is 1.87. The van der Waals surface area contributed by atoms with Crippen LogP contribution in [-0.2, 0) is 4.79 Å². The number of carboxylic acids is 1. The number of carboxylic acid groups (broad SMARTS) is 1. The number of aliphatic hydroxyl groups excluding tert-OH is 1. The third-order valence-electron chi connectivity index (χ3n) is 1.13. The fourth-order valence-electron chi connectivity index (χ4n) is 0.555. The normalized spacial score (nSPS) is 16.3. The van der Waals surface area contributed by atoms with E-state index in [9.17, 15) is 4.79 Å². The van der Waals surface area contributed by atoms with Gasteiger partial charge in [0.1, 0.15) is 0 Å². The standard InChI is InChI=1S/C6H12O3S/c1-3-10-4(2)5(7)6(8)9/h4-5,7H,3H2,1-2H3,(H,8,9). The lowest BCUT2D eigenvalue weighted by Crippen LogP contribution is -2.29. The molecule has 0 aliphatic carbocycles. The van der Waals surface area contributed by atoms with Crippen LogP contribution in [0, 0.1) is 0 Å². The number of hydrogen-bond donors (Lipinski definition) is 2. The van der Waals surface area contributed by atoms with Crippen LogP contribution < -0.4 is 0 Å². The molecule has 0 aliphatic rings. The minimum absolute atomic E-state index is 0.220. The molecule has 0 saturated heterocycles. The molecule has 2 atom stereocenters. The molecule has 2 N–H and O–H groups in total. The van der Waals surface area contributed by atoms with Crippen LogP contribution in [0.4, 0.5) is 0 Å². The van der Waals surface area contributed by atoms with Gasteiger partial charge in [-0.15, -0.1) is 0 Å². The topological polar surface area (TPSA) is 57.5 Å². The highest BCUT2D eigenvalue weighted by atomic mass is 32.2. The van der Waals surface area contributed by atoms with Crippen LogP contribution in [0.5, 0.6) is 0 Å². The molecule has 10 heavy (non-hydrogen) atoms. The van der Waals surface area contributed by atoms with Gasteiger partial charge in [-0.1, -0.05) is 13.8 Å². The summed E-state index contributed by atoms with van der Waals surface area (Å²) in [5, 5.41) is 17.0. The fraction of sp³-hybridized carbons (Fsp3) is 0.833. The van der Waals surface area contributed by atoms with Gasteiger partial charge in [0, 0.05) is 5.25 Å². The Balaban J connectivity index is 3.69. The van der Waals surface area contributed by atoms with Gasteiger partial charge in [0.2, 0.25) is 0 Å². The zero-order valence-electron chi connectivity index (χ0n) is 6.07. The molecule has 0 aromatic carbocycles. The molecule has 0 aromatic rings. The quantitative estimate of drug-likeness (QED) is 0.638. The van der Waals surface area contributed by atoms with Gasteiger partial charge in [0.05, 0.1) is 0 Å². The largest absolute Gasteiger partial charge is 0.479 e. The Morgan fingerprint density at radius 1 is 1.70 bits per heavy atom. The molecule has 0 heterocycles. The van der Waals surface area contributed by atoms with E-state index in [4.69, 9.17) is 10.2 Å². The van der Waals surface area contributed by atoms with E-state index in [1.807, 2.05) is 6.92 Å². The van der Waals surface area contributed by atoms with Gasteiger partial charge in [0.25, 0.3) is 0 Å². The third kappa shape index (κ3) is 3.08. The second kappa shape index (κ2) is 4.57. The summed E-state index contributed by atoms with van der Waals surface area (Å²) in [5.74, 6) is -0.320. The number of aliphatic carboxylic acids is 1. The minimum Gasteiger partial charge on any atom is -0.479 e. The van der Waals surface area contributed by atoms with Crippen LogP contribution in [0.1, 0.15) is 13.8 Å². The van der Waals surface area contributed by atoms with Gasteiger partial charge in [-0.3, -0.25) is 0 Å². The van der Waals surface area contributed by atoms with E-state index >= 15 is 0 Å². The fourth-order valence-corrected chi connectivity index (χ4v) is 1.38. The molecule has 2 unspecified atom stereocenters. The maximum Gasteiger partial charge on any atom is 0.333 e. The number of rotatable bonds is 4. The number of carbonyl (C=O) groups is 1. The first-order chi connectivity index (χ1) is 4.59. The smallest absolute Gasteiger partial charge is 0.333 e. The molecule has 0 bridgehead atoms. The number of hydrogen-bond acceptors (Lipinski definition) is 3. The lowest BCUT2D eigenvalue weighted by molar-refractivity contribution is -0.146. The van der Waals surface area contributed by atoms with Crippen molar-refractivity contribution in [3.8, 4) is 0 Å². The lowest BCUT2D eigenvalue weighted by Gasteiger charge is -2.12. The highest BCUT2D eigenvalue weighted by Gasteiger charge is 2.20. The second-order valence-corrected chi connectivity index (χ2v) is 3.60. The highest BCUT2D eigenvalue weighted by Crippen LogP contribution is 2.13. The van der Waals surface area contributed by atoms with E-state index in [2.05, 4.69) is 0 Å². The first kappa shape index (κ1) is 9.78. The van der Waals surface area contributed by atoms with E-state index in [0.29, 0.717) is 0 Å². The average molecular weight is 164 g/mol. The first-order valence-corrected chi connectivity index (χ1v) is 4.17. The van der Waals surface area contributed by atoms with Gasteiger partial charge in [-0.25, -0.2) is 4.79 Å². The Hall–Kier alpha value is -0.220. The Kier molecular flexibility index (Phi) is 4.47. The van der Waals surface area contributed by atoms with Crippen molar-refractivity contribution in [2.45, 2.75) is 25.2 Å². The Morgan fingerprint density at radius 2 is 2.20 bits per heavy atom. The summed E-state index contributed by atoms with van der Waals surface area (Å²) in [4.78, 5) is 10.2. The molecule has 0 spiro atoms. The van der Waals surface area contributed by atoms with Crippen molar-refractivity contribution in [1.82, 2.24) is 0 Å². The van der Waals surface area contributed by atoms with Crippen molar-refractivity contribution in [3.05, 3.63) is 0 Å². The van der Waals surface area contributed by atoms with E-state index in [-0.39, 0.29) is 5.25 Å². The molecule has 0 amide bonds. The first-order valence-electron chi connectivity index (χ1n) is 3.12. The van der Waals surface area contributed by atoms with Crippen LogP contribution in [0.2, 0.25) is 0 Å². The molecule has 0 fully saturated rings. The summed E-state index contributed by atoms with van der Waals surface area (Å²) in [5.41, 5.74) is 0. The van der Waals surface area contributed by atoms with E-state index in [1.54, 1.807) is 6.92 Å². The zero-order valence-corrected chi connectivity index (χ0v) is 6.89. The number of aliphatic hydroxyl groups is 1. The van der Waals surface area contributed by atoms with E-state index in [0.717, 1.165) is 5.75 Å².